The zero-order valence-electron chi connectivity index (χ0n) is 8.98. The SMILES string of the molecule is CC1CCCc2nnc(-c3ccc(Br)s3)n21. The van der Waals surface area contributed by atoms with E-state index < -0.39 is 0 Å². The van der Waals surface area contributed by atoms with Crippen molar-refractivity contribution in [3.8, 4) is 10.7 Å². The van der Waals surface area contributed by atoms with Gasteiger partial charge in [-0.15, -0.1) is 21.5 Å². The summed E-state index contributed by atoms with van der Waals surface area (Å²) >= 11 is 5.20. The van der Waals surface area contributed by atoms with Crippen LogP contribution in [-0.4, -0.2) is 14.8 Å². The molecule has 3 rings (SSSR count). The molecule has 0 spiro atoms. The Morgan fingerprint density at radius 2 is 2.31 bits per heavy atom. The second-order valence-electron chi connectivity index (χ2n) is 4.15. The molecule has 2 aromatic heterocycles. The summed E-state index contributed by atoms with van der Waals surface area (Å²) in [5.74, 6) is 2.16. The average molecular weight is 298 g/mol. The smallest absolute Gasteiger partial charge is 0.174 e. The van der Waals surface area contributed by atoms with Gasteiger partial charge >= 0.3 is 0 Å². The molecule has 16 heavy (non-hydrogen) atoms. The Morgan fingerprint density at radius 3 is 3.06 bits per heavy atom. The summed E-state index contributed by atoms with van der Waals surface area (Å²) in [4.78, 5) is 1.19. The van der Waals surface area contributed by atoms with Crippen LogP contribution in [0.15, 0.2) is 15.9 Å². The van der Waals surface area contributed by atoms with Crippen LogP contribution in [0.1, 0.15) is 31.6 Å². The predicted octanol–water partition coefficient (Wildman–Crippen LogP) is 3.67. The molecule has 0 radical (unpaired) electrons. The second kappa shape index (κ2) is 3.96. The van der Waals surface area contributed by atoms with Crippen molar-refractivity contribution >= 4 is 27.3 Å². The van der Waals surface area contributed by atoms with Crippen molar-refractivity contribution in [3.05, 3.63) is 21.7 Å². The maximum Gasteiger partial charge on any atom is 0.174 e. The maximum absolute atomic E-state index is 4.33. The van der Waals surface area contributed by atoms with Crippen LogP contribution in [-0.2, 0) is 6.42 Å². The summed E-state index contributed by atoms with van der Waals surface area (Å²) in [5.41, 5.74) is 0. The maximum atomic E-state index is 4.33. The number of rotatable bonds is 1. The molecule has 84 valence electrons. The van der Waals surface area contributed by atoms with Crippen LogP contribution >= 0.6 is 27.3 Å². The van der Waals surface area contributed by atoms with Crippen LogP contribution in [0, 0.1) is 0 Å². The molecule has 0 saturated heterocycles. The van der Waals surface area contributed by atoms with Gasteiger partial charge in [0.15, 0.2) is 5.82 Å². The Hall–Kier alpha value is -0.680. The van der Waals surface area contributed by atoms with E-state index in [0.29, 0.717) is 6.04 Å². The minimum absolute atomic E-state index is 0.523. The van der Waals surface area contributed by atoms with Crippen LogP contribution in [0.3, 0.4) is 0 Å². The molecule has 1 aliphatic rings. The first-order chi connectivity index (χ1) is 7.75. The van der Waals surface area contributed by atoms with Crippen molar-refractivity contribution in [1.82, 2.24) is 14.8 Å². The highest BCUT2D eigenvalue weighted by molar-refractivity contribution is 9.11. The van der Waals surface area contributed by atoms with Gasteiger partial charge in [0.2, 0.25) is 0 Å². The van der Waals surface area contributed by atoms with Crippen LogP contribution in [0.5, 0.6) is 0 Å². The van der Waals surface area contributed by atoms with Crippen LogP contribution in [0.4, 0.5) is 0 Å². The third-order valence-electron chi connectivity index (χ3n) is 3.02. The topological polar surface area (TPSA) is 30.7 Å². The highest BCUT2D eigenvalue weighted by Gasteiger charge is 2.22. The fourth-order valence-corrected chi connectivity index (χ4v) is 3.61. The molecule has 2 aromatic rings. The summed E-state index contributed by atoms with van der Waals surface area (Å²) in [6.07, 6.45) is 3.52. The Kier molecular flexibility index (Phi) is 2.59. The van der Waals surface area contributed by atoms with Gasteiger partial charge in [0.25, 0.3) is 0 Å². The summed E-state index contributed by atoms with van der Waals surface area (Å²) in [5, 5.41) is 8.63. The van der Waals surface area contributed by atoms with Crippen molar-refractivity contribution in [2.45, 2.75) is 32.2 Å². The standard InChI is InChI=1S/C11H12BrN3S/c1-7-3-2-4-10-13-14-11(15(7)10)8-5-6-9(12)16-8/h5-7H,2-4H2,1H3. The molecule has 0 amide bonds. The van der Waals surface area contributed by atoms with E-state index in [4.69, 9.17) is 0 Å². The van der Waals surface area contributed by atoms with Crippen LogP contribution in [0.2, 0.25) is 0 Å². The van der Waals surface area contributed by atoms with Crippen molar-refractivity contribution in [3.63, 3.8) is 0 Å². The number of thiophene rings is 1. The van der Waals surface area contributed by atoms with E-state index in [2.05, 4.69) is 49.8 Å². The zero-order chi connectivity index (χ0) is 11.1. The van der Waals surface area contributed by atoms with Gasteiger partial charge in [-0.05, 0) is 47.8 Å². The quantitative estimate of drug-likeness (QED) is 0.804. The third kappa shape index (κ3) is 1.62. The molecule has 0 saturated carbocycles. The number of aryl methyl sites for hydroxylation is 1. The normalized spacial score (nSPS) is 19.8. The lowest BCUT2D eigenvalue weighted by molar-refractivity contribution is 0.429. The summed E-state index contributed by atoms with van der Waals surface area (Å²) in [6.45, 7) is 2.25. The minimum atomic E-state index is 0.523. The Labute approximate surface area is 107 Å². The molecule has 5 heteroatoms. The Balaban J connectivity index is 2.12. The molecule has 0 aliphatic carbocycles. The van der Waals surface area contributed by atoms with Crippen molar-refractivity contribution < 1.29 is 0 Å². The van der Waals surface area contributed by atoms with Gasteiger partial charge in [-0.2, -0.15) is 0 Å². The van der Waals surface area contributed by atoms with E-state index in [-0.39, 0.29) is 0 Å². The third-order valence-corrected chi connectivity index (χ3v) is 4.64. The number of fused-ring (bicyclic) bond motifs is 1. The first-order valence-corrected chi connectivity index (χ1v) is 7.06. The lowest BCUT2D eigenvalue weighted by atomic mass is 10.1. The van der Waals surface area contributed by atoms with Gasteiger partial charge in [0, 0.05) is 12.5 Å². The van der Waals surface area contributed by atoms with Gasteiger partial charge in [0.1, 0.15) is 5.82 Å². The van der Waals surface area contributed by atoms with Crippen molar-refractivity contribution in [2.24, 2.45) is 0 Å². The summed E-state index contributed by atoms with van der Waals surface area (Å²) in [7, 11) is 0. The van der Waals surface area contributed by atoms with Gasteiger partial charge in [-0.25, -0.2) is 0 Å². The van der Waals surface area contributed by atoms with E-state index in [0.717, 1.165) is 21.9 Å². The van der Waals surface area contributed by atoms with Crippen LogP contribution in [0.25, 0.3) is 10.7 Å². The number of nitrogens with zero attached hydrogens (tertiary/aromatic N) is 3. The zero-order valence-corrected chi connectivity index (χ0v) is 11.4. The molecule has 1 unspecified atom stereocenters. The number of hydrogen-bond donors (Lipinski definition) is 0. The van der Waals surface area contributed by atoms with Gasteiger partial charge in [-0.1, -0.05) is 0 Å². The Bertz CT molecular complexity index is 517. The number of hydrogen-bond acceptors (Lipinski definition) is 3. The molecule has 0 fully saturated rings. The summed E-state index contributed by atoms with van der Waals surface area (Å²) < 4.78 is 3.44. The van der Waals surface area contributed by atoms with Gasteiger partial charge < -0.3 is 4.57 Å². The lowest BCUT2D eigenvalue weighted by Gasteiger charge is -2.22. The lowest BCUT2D eigenvalue weighted by Crippen LogP contribution is -2.15. The number of halogens is 1. The first kappa shape index (κ1) is 10.5. The van der Waals surface area contributed by atoms with E-state index in [1.165, 1.54) is 17.7 Å². The monoisotopic (exact) mass is 297 g/mol. The summed E-state index contributed by atoms with van der Waals surface area (Å²) in [6, 6.07) is 4.69. The highest BCUT2D eigenvalue weighted by Crippen LogP contribution is 2.34. The average Bonchev–Trinajstić information content (AvgIpc) is 2.84. The van der Waals surface area contributed by atoms with Crippen molar-refractivity contribution in [1.29, 1.82) is 0 Å². The highest BCUT2D eigenvalue weighted by atomic mass is 79.9. The van der Waals surface area contributed by atoms with Gasteiger partial charge in [0.05, 0.1) is 8.66 Å². The van der Waals surface area contributed by atoms with E-state index in [1.807, 2.05) is 0 Å². The van der Waals surface area contributed by atoms with Crippen LogP contribution < -0.4 is 0 Å². The molecule has 3 nitrogen and oxygen atoms in total. The van der Waals surface area contributed by atoms with Crippen molar-refractivity contribution in [2.75, 3.05) is 0 Å². The minimum Gasteiger partial charge on any atom is -0.307 e. The van der Waals surface area contributed by atoms with E-state index in [1.54, 1.807) is 11.3 Å². The molecular formula is C11H12BrN3S. The molecule has 0 aromatic carbocycles. The largest absolute Gasteiger partial charge is 0.307 e. The molecule has 1 atom stereocenters. The second-order valence-corrected chi connectivity index (χ2v) is 6.62. The fraction of sp³-hybridized carbons (Fsp3) is 0.455. The van der Waals surface area contributed by atoms with E-state index >= 15 is 0 Å². The van der Waals surface area contributed by atoms with E-state index in [9.17, 15) is 0 Å². The molecule has 0 N–H and O–H groups in total. The number of aromatic nitrogens is 3. The first-order valence-electron chi connectivity index (χ1n) is 5.45. The van der Waals surface area contributed by atoms with Gasteiger partial charge in [-0.3, -0.25) is 0 Å². The molecule has 0 bridgehead atoms. The fourth-order valence-electron chi connectivity index (χ4n) is 2.24. The molecular weight excluding hydrogens is 286 g/mol. The molecule has 1 aliphatic heterocycles. The Morgan fingerprint density at radius 1 is 1.44 bits per heavy atom. The predicted molar refractivity (Wildman–Crippen MR) is 68.7 cm³/mol. The molecule has 3 heterocycles.